The molecule has 26 heavy (non-hydrogen) atoms. The molecule has 0 aliphatic heterocycles. The zero-order valence-corrected chi connectivity index (χ0v) is 22.7. The highest BCUT2D eigenvalue weighted by molar-refractivity contribution is 6.73. The molecule has 0 amide bonds. The van der Waals surface area contributed by atoms with Crippen LogP contribution in [-0.4, -0.2) is 57.4 Å². The third kappa shape index (κ3) is 10.2. The average molecular weight is 439 g/mol. The van der Waals surface area contributed by atoms with Crippen molar-refractivity contribution < 1.29 is 27.3 Å². The Kier molecular flexibility index (Phi) is 8.30. The molecular formula is C16H38O6Si4. The second kappa shape index (κ2) is 8.39. The first-order chi connectivity index (χ1) is 11.2. The minimum Gasteiger partial charge on any atom is -0.517 e. The lowest BCUT2D eigenvalue weighted by molar-refractivity contribution is -0.174. The van der Waals surface area contributed by atoms with E-state index < -0.39 is 50.8 Å². The fourth-order valence-corrected chi connectivity index (χ4v) is 5.23. The van der Waals surface area contributed by atoms with Crippen molar-refractivity contribution in [3.63, 3.8) is 0 Å². The van der Waals surface area contributed by atoms with Crippen LogP contribution in [0.4, 0.5) is 0 Å². The first-order valence-electron chi connectivity index (χ1n) is 8.98. The Hall–Kier alpha value is -0.272. The van der Waals surface area contributed by atoms with Crippen molar-refractivity contribution in [2.75, 3.05) is 6.61 Å². The second-order valence-electron chi connectivity index (χ2n) is 10.4. The van der Waals surface area contributed by atoms with Crippen LogP contribution in [0.3, 0.4) is 0 Å². The molecule has 0 saturated heterocycles. The predicted octanol–water partition coefficient (Wildman–Crippen LogP) is 4.18. The number of carbonyl (C=O) groups is 2. The molecule has 0 aliphatic carbocycles. The molecule has 154 valence electrons. The molecule has 0 fully saturated rings. The van der Waals surface area contributed by atoms with Gasteiger partial charge in [-0.05, 0) is 78.6 Å². The molecule has 0 bridgehead atoms. The molecule has 0 aromatic heterocycles. The van der Waals surface area contributed by atoms with Gasteiger partial charge in [0.05, 0.1) is 6.61 Å². The van der Waals surface area contributed by atoms with Gasteiger partial charge in [-0.1, -0.05) is 0 Å². The molecule has 0 spiro atoms. The number of hydrogen-bond donors (Lipinski definition) is 0. The van der Waals surface area contributed by atoms with Gasteiger partial charge in [0.1, 0.15) is 0 Å². The van der Waals surface area contributed by atoms with E-state index in [0.29, 0.717) is 0 Å². The number of carbonyl (C=O) groups excluding carboxylic acids is 2. The van der Waals surface area contributed by atoms with Gasteiger partial charge in [0.25, 0.3) is 5.60 Å². The van der Waals surface area contributed by atoms with Crippen molar-refractivity contribution in [3.8, 4) is 0 Å². The Balaban J connectivity index is 6.14. The Morgan fingerprint density at radius 1 is 0.615 bits per heavy atom. The largest absolute Gasteiger partial charge is 0.517 e. The molecular weight excluding hydrogens is 401 g/mol. The van der Waals surface area contributed by atoms with E-state index in [9.17, 15) is 9.59 Å². The fraction of sp³-hybridized carbons (Fsp3) is 0.875. The zero-order chi connectivity index (χ0) is 21.2. The van der Waals surface area contributed by atoms with Crippen LogP contribution < -0.4 is 0 Å². The minimum atomic E-state index is -2.30. The van der Waals surface area contributed by atoms with Gasteiger partial charge in [-0.2, -0.15) is 0 Å². The maximum absolute atomic E-state index is 13.2. The fourth-order valence-electron chi connectivity index (χ4n) is 1.88. The highest BCUT2D eigenvalue weighted by atomic mass is 28.4. The molecule has 0 aromatic rings. The third-order valence-electron chi connectivity index (χ3n) is 2.65. The predicted molar refractivity (Wildman–Crippen MR) is 115 cm³/mol. The van der Waals surface area contributed by atoms with E-state index >= 15 is 0 Å². The van der Waals surface area contributed by atoms with Crippen LogP contribution in [-0.2, 0) is 27.3 Å². The van der Waals surface area contributed by atoms with Gasteiger partial charge in [-0.25, -0.2) is 9.59 Å². The summed E-state index contributed by atoms with van der Waals surface area (Å²) in [5.74, 6) is -1.36. The van der Waals surface area contributed by atoms with Gasteiger partial charge in [0.2, 0.25) is 16.6 Å². The summed E-state index contributed by atoms with van der Waals surface area (Å²) in [6.45, 7) is 23.0. The van der Waals surface area contributed by atoms with E-state index in [-0.39, 0.29) is 6.61 Å². The summed E-state index contributed by atoms with van der Waals surface area (Å²) >= 11 is 0. The molecule has 0 aliphatic rings. The molecule has 0 atom stereocenters. The van der Waals surface area contributed by atoms with Gasteiger partial charge in [0, 0.05) is 0 Å². The first-order valence-corrected chi connectivity index (χ1v) is 22.6. The molecule has 6 nitrogen and oxygen atoms in total. The lowest BCUT2D eigenvalue weighted by Crippen LogP contribution is -2.62. The number of rotatable bonds is 9. The van der Waals surface area contributed by atoms with Crippen LogP contribution >= 0.6 is 0 Å². The van der Waals surface area contributed by atoms with Crippen LogP contribution in [0.5, 0.6) is 0 Å². The normalized spacial score (nSPS) is 14.2. The van der Waals surface area contributed by atoms with Crippen LogP contribution in [0.25, 0.3) is 0 Å². The Bertz CT molecular complexity index is 481. The Morgan fingerprint density at radius 3 is 1.19 bits per heavy atom. The monoisotopic (exact) mass is 438 g/mol. The van der Waals surface area contributed by atoms with Gasteiger partial charge in [0.15, 0.2) is 16.6 Å². The van der Waals surface area contributed by atoms with Crippen LogP contribution in [0.15, 0.2) is 0 Å². The highest BCUT2D eigenvalue weighted by Gasteiger charge is 2.55. The topological polar surface area (TPSA) is 71.1 Å². The van der Waals surface area contributed by atoms with Crippen molar-refractivity contribution >= 4 is 45.2 Å². The summed E-state index contributed by atoms with van der Waals surface area (Å²) < 4.78 is 23.5. The van der Waals surface area contributed by atoms with Crippen molar-refractivity contribution in [2.45, 2.75) is 84.2 Å². The summed E-state index contributed by atoms with van der Waals surface area (Å²) in [4.78, 5) is 26.3. The van der Waals surface area contributed by atoms with E-state index in [0.717, 1.165) is 0 Å². The SMILES string of the molecule is C[Si](C)(C)OCC(O[Si](C)(C)C)(C(=O)O[Si](C)(C)C)C(=O)O[Si](C)(C)C. The highest BCUT2D eigenvalue weighted by Crippen LogP contribution is 2.27. The second-order valence-corrected chi connectivity index (χ2v) is 28.2. The van der Waals surface area contributed by atoms with Gasteiger partial charge in [-0.15, -0.1) is 0 Å². The summed E-state index contributed by atoms with van der Waals surface area (Å²) in [5.41, 5.74) is -1.86. The van der Waals surface area contributed by atoms with Crippen molar-refractivity contribution in [2.24, 2.45) is 0 Å². The van der Waals surface area contributed by atoms with Crippen LogP contribution in [0.2, 0.25) is 78.6 Å². The summed E-state index contributed by atoms with van der Waals surface area (Å²) in [6, 6.07) is 0. The van der Waals surface area contributed by atoms with Crippen molar-refractivity contribution in [1.82, 2.24) is 0 Å². The average Bonchev–Trinajstić information content (AvgIpc) is 2.27. The van der Waals surface area contributed by atoms with Gasteiger partial charge >= 0.3 is 11.9 Å². The molecule has 10 heteroatoms. The molecule has 0 aromatic carbocycles. The van der Waals surface area contributed by atoms with E-state index in [4.69, 9.17) is 17.7 Å². The molecule has 0 heterocycles. The summed E-state index contributed by atoms with van der Waals surface area (Å²) in [5, 5.41) is 0. The summed E-state index contributed by atoms with van der Waals surface area (Å²) in [6.07, 6.45) is 0. The minimum absolute atomic E-state index is 0.167. The maximum Gasteiger partial charge on any atom is 0.338 e. The quantitative estimate of drug-likeness (QED) is 0.397. The molecule has 0 radical (unpaired) electrons. The van der Waals surface area contributed by atoms with E-state index in [1.54, 1.807) is 0 Å². The van der Waals surface area contributed by atoms with Gasteiger partial charge in [-0.3, -0.25) is 0 Å². The molecule has 0 N–H and O–H groups in total. The third-order valence-corrected chi connectivity index (χ3v) is 6.21. The Morgan fingerprint density at radius 2 is 0.962 bits per heavy atom. The van der Waals surface area contributed by atoms with E-state index in [1.165, 1.54) is 0 Å². The summed E-state index contributed by atoms with van der Waals surface area (Å²) in [7, 11) is -8.79. The van der Waals surface area contributed by atoms with E-state index in [1.807, 2.05) is 78.6 Å². The van der Waals surface area contributed by atoms with Crippen LogP contribution in [0.1, 0.15) is 0 Å². The molecule has 0 saturated carbocycles. The smallest absolute Gasteiger partial charge is 0.338 e. The Labute approximate surface area is 163 Å². The molecule has 0 unspecified atom stereocenters. The lowest BCUT2D eigenvalue weighted by atomic mass is 10.1. The van der Waals surface area contributed by atoms with Crippen LogP contribution in [0, 0.1) is 0 Å². The number of hydrogen-bond acceptors (Lipinski definition) is 6. The van der Waals surface area contributed by atoms with Gasteiger partial charge < -0.3 is 17.7 Å². The molecule has 0 rings (SSSR count). The van der Waals surface area contributed by atoms with E-state index in [2.05, 4.69) is 0 Å². The zero-order valence-electron chi connectivity index (χ0n) is 18.7. The standard InChI is InChI=1S/C16H38O6Si4/c1-23(2,3)19-13-16(22-26(10,11)12,14(17)20-24(4,5)6)15(18)21-25(7,8)9/h13H2,1-12H3. The maximum atomic E-state index is 13.2. The van der Waals surface area contributed by atoms with Crippen molar-refractivity contribution in [1.29, 1.82) is 0 Å². The van der Waals surface area contributed by atoms with Crippen molar-refractivity contribution in [3.05, 3.63) is 0 Å². The lowest BCUT2D eigenvalue weighted by Gasteiger charge is -2.39. The first kappa shape index (κ1) is 25.7.